The first-order valence-electron chi connectivity index (χ1n) is 8.32. The Morgan fingerprint density at radius 3 is 2.48 bits per heavy atom. The molecule has 0 aromatic heterocycles. The number of carbonyl (C=O) groups excluding carboxylic acids is 1. The molecule has 0 bridgehead atoms. The van der Waals surface area contributed by atoms with Gasteiger partial charge >= 0.3 is 6.03 Å². The van der Waals surface area contributed by atoms with Gasteiger partial charge in [-0.2, -0.15) is 0 Å². The number of amides is 2. The zero-order valence-electron chi connectivity index (χ0n) is 14.5. The van der Waals surface area contributed by atoms with Gasteiger partial charge in [0.05, 0.1) is 13.2 Å². The van der Waals surface area contributed by atoms with Crippen LogP contribution in [-0.4, -0.2) is 13.1 Å². The van der Waals surface area contributed by atoms with Crippen LogP contribution in [0.4, 0.5) is 4.79 Å². The summed E-state index contributed by atoms with van der Waals surface area (Å²) in [5.41, 5.74) is 2.13. The lowest BCUT2D eigenvalue weighted by Crippen LogP contribution is -2.36. The second-order valence-electron chi connectivity index (χ2n) is 5.97. The van der Waals surface area contributed by atoms with E-state index >= 15 is 0 Å². The summed E-state index contributed by atoms with van der Waals surface area (Å²) < 4.78 is 5.13. The minimum atomic E-state index is -0.184. The van der Waals surface area contributed by atoms with Crippen LogP contribution in [0.5, 0.6) is 5.75 Å². The number of hydrogen-bond donors (Lipinski definition) is 2. The Morgan fingerprint density at radius 1 is 1.00 bits per heavy atom. The minimum absolute atomic E-state index is 0.0815. The number of carbonyl (C=O) groups is 1. The van der Waals surface area contributed by atoms with Crippen LogP contribution in [0.1, 0.15) is 24.1 Å². The van der Waals surface area contributed by atoms with Crippen LogP contribution in [0.2, 0.25) is 0 Å². The van der Waals surface area contributed by atoms with E-state index in [0.717, 1.165) is 22.3 Å². The molecule has 1 atom stereocenters. The number of urea groups is 1. The molecule has 25 heavy (non-hydrogen) atoms. The van der Waals surface area contributed by atoms with Crippen LogP contribution in [0, 0.1) is 0 Å². The molecule has 3 rings (SSSR count). The minimum Gasteiger partial charge on any atom is -0.497 e. The SMILES string of the molecule is COc1ccc(CNC(=O)NC(C)c2cccc3ccccc23)cc1. The Balaban J connectivity index is 1.61. The number of ether oxygens (including phenoxy) is 1. The summed E-state index contributed by atoms with van der Waals surface area (Å²) in [6.07, 6.45) is 0. The molecule has 1 unspecified atom stereocenters. The van der Waals surface area contributed by atoms with Gasteiger partial charge in [-0.15, -0.1) is 0 Å². The van der Waals surface area contributed by atoms with Crippen LogP contribution >= 0.6 is 0 Å². The summed E-state index contributed by atoms with van der Waals surface area (Å²) in [4.78, 5) is 12.2. The average Bonchev–Trinajstić information content (AvgIpc) is 2.66. The van der Waals surface area contributed by atoms with Gasteiger partial charge in [0.25, 0.3) is 0 Å². The van der Waals surface area contributed by atoms with Crippen molar-refractivity contribution in [1.82, 2.24) is 10.6 Å². The van der Waals surface area contributed by atoms with Gasteiger partial charge < -0.3 is 15.4 Å². The van der Waals surface area contributed by atoms with Gasteiger partial charge in [-0.3, -0.25) is 0 Å². The van der Waals surface area contributed by atoms with Crippen molar-refractivity contribution < 1.29 is 9.53 Å². The third-order valence-electron chi connectivity index (χ3n) is 4.25. The van der Waals surface area contributed by atoms with Crippen LogP contribution < -0.4 is 15.4 Å². The molecule has 0 saturated heterocycles. The fraction of sp³-hybridized carbons (Fsp3) is 0.190. The van der Waals surface area contributed by atoms with Crippen molar-refractivity contribution in [1.29, 1.82) is 0 Å². The summed E-state index contributed by atoms with van der Waals surface area (Å²) in [6, 6.07) is 21.7. The molecule has 0 saturated carbocycles. The van der Waals surface area contributed by atoms with Crippen LogP contribution in [0.15, 0.2) is 66.7 Å². The molecule has 0 aliphatic rings. The van der Waals surface area contributed by atoms with Crippen molar-refractivity contribution in [2.45, 2.75) is 19.5 Å². The number of rotatable bonds is 5. The second-order valence-corrected chi connectivity index (χ2v) is 5.97. The number of hydrogen-bond acceptors (Lipinski definition) is 2. The summed E-state index contributed by atoms with van der Waals surface area (Å²) in [5, 5.41) is 8.23. The maximum Gasteiger partial charge on any atom is 0.315 e. The Labute approximate surface area is 147 Å². The summed E-state index contributed by atoms with van der Waals surface area (Å²) >= 11 is 0. The molecular weight excluding hydrogens is 312 g/mol. The molecule has 0 radical (unpaired) electrons. The van der Waals surface area contributed by atoms with E-state index in [1.165, 1.54) is 5.39 Å². The second kappa shape index (κ2) is 7.71. The molecule has 0 aliphatic carbocycles. The van der Waals surface area contributed by atoms with Crippen LogP contribution in [-0.2, 0) is 6.54 Å². The van der Waals surface area contributed by atoms with Crippen molar-refractivity contribution in [2.24, 2.45) is 0 Å². The van der Waals surface area contributed by atoms with Gasteiger partial charge in [-0.05, 0) is 41.0 Å². The first kappa shape index (κ1) is 16.8. The molecule has 4 heteroatoms. The van der Waals surface area contributed by atoms with Crippen LogP contribution in [0.25, 0.3) is 10.8 Å². The van der Waals surface area contributed by atoms with E-state index in [1.54, 1.807) is 7.11 Å². The van der Waals surface area contributed by atoms with E-state index in [9.17, 15) is 4.79 Å². The topological polar surface area (TPSA) is 50.4 Å². The van der Waals surface area contributed by atoms with Gasteiger partial charge in [0.1, 0.15) is 5.75 Å². The molecule has 4 nitrogen and oxygen atoms in total. The van der Waals surface area contributed by atoms with Gasteiger partial charge in [-0.1, -0.05) is 54.6 Å². The van der Waals surface area contributed by atoms with Gasteiger partial charge in [-0.25, -0.2) is 4.79 Å². The summed E-state index contributed by atoms with van der Waals surface area (Å²) in [5.74, 6) is 0.803. The molecule has 0 heterocycles. The third-order valence-corrected chi connectivity index (χ3v) is 4.25. The Hall–Kier alpha value is -3.01. The van der Waals surface area contributed by atoms with E-state index in [-0.39, 0.29) is 12.1 Å². The van der Waals surface area contributed by atoms with Crippen molar-refractivity contribution >= 4 is 16.8 Å². The predicted molar refractivity (Wildman–Crippen MR) is 101 cm³/mol. The highest BCUT2D eigenvalue weighted by atomic mass is 16.5. The van der Waals surface area contributed by atoms with Crippen LogP contribution in [0.3, 0.4) is 0 Å². The molecule has 128 valence electrons. The predicted octanol–water partition coefficient (Wildman–Crippen LogP) is 4.41. The fourth-order valence-electron chi connectivity index (χ4n) is 2.88. The first-order chi connectivity index (χ1) is 12.2. The lowest BCUT2D eigenvalue weighted by atomic mass is 10.00. The Kier molecular flexibility index (Phi) is 5.19. The highest BCUT2D eigenvalue weighted by molar-refractivity contribution is 5.86. The Morgan fingerprint density at radius 2 is 1.72 bits per heavy atom. The summed E-state index contributed by atoms with van der Waals surface area (Å²) in [7, 11) is 1.63. The van der Waals surface area contributed by atoms with E-state index < -0.39 is 0 Å². The van der Waals surface area contributed by atoms with Crippen molar-refractivity contribution in [2.75, 3.05) is 7.11 Å². The smallest absolute Gasteiger partial charge is 0.315 e. The maximum atomic E-state index is 12.2. The van der Waals surface area contributed by atoms with E-state index in [2.05, 4.69) is 34.9 Å². The fourth-order valence-corrected chi connectivity index (χ4v) is 2.88. The van der Waals surface area contributed by atoms with E-state index in [0.29, 0.717) is 6.54 Å². The number of benzene rings is 3. The van der Waals surface area contributed by atoms with Gasteiger partial charge in [0.15, 0.2) is 0 Å². The molecule has 2 amide bonds. The van der Waals surface area contributed by atoms with Gasteiger partial charge in [0.2, 0.25) is 0 Å². The van der Waals surface area contributed by atoms with E-state index in [1.807, 2.05) is 49.4 Å². The zero-order valence-corrected chi connectivity index (χ0v) is 14.5. The highest BCUT2D eigenvalue weighted by Gasteiger charge is 2.11. The molecular formula is C21H22N2O2. The lowest BCUT2D eigenvalue weighted by molar-refractivity contribution is 0.237. The first-order valence-corrected chi connectivity index (χ1v) is 8.32. The standard InChI is InChI=1S/C21H22N2O2/c1-15(19-9-5-7-17-6-3-4-8-20(17)19)23-21(24)22-14-16-10-12-18(25-2)13-11-16/h3-13,15H,14H2,1-2H3,(H2,22,23,24). The molecule has 0 aliphatic heterocycles. The monoisotopic (exact) mass is 334 g/mol. The largest absolute Gasteiger partial charge is 0.497 e. The highest BCUT2D eigenvalue weighted by Crippen LogP contribution is 2.23. The van der Waals surface area contributed by atoms with Crippen molar-refractivity contribution in [3.05, 3.63) is 77.9 Å². The van der Waals surface area contributed by atoms with E-state index in [4.69, 9.17) is 4.74 Å². The number of fused-ring (bicyclic) bond motifs is 1. The van der Waals surface area contributed by atoms with Crippen molar-refractivity contribution in [3.8, 4) is 5.75 Å². The van der Waals surface area contributed by atoms with Crippen molar-refractivity contribution in [3.63, 3.8) is 0 Å². The molecule has 3 aromatic carbocycles. The maximum absolute atomic E-state index is 12.2. The number of methoxy groups -OCH3 is 1. The third kappa shape index (κ3) is 4.10. The summed E-state index contributed by atoms with van der Waals surface area (Å²) in [6.45, 7) is 2.47. The number of nitrogens with one attached hydrogen (secondary N) is 2. The zero-order chi connectivity index (χ0) is 17.6. The molecule has 2 N–H and O–H groups in total. The molecule has 0 spiro atoms. The molecule has 3 aromatic rings. The molecule has 0 fully saturated rings. The van der Waals surface area contributed by atoms with Gasteiger partial charge in [0, 0.05) is 6.54 Å². The Bertz CT molecular complexity index is 854. The average molecular weight is 334 g/mol. The normalized spacial score (nSPS) is 11.8. The quantitative estimate of drug-likeness (QED) is 0.726. The lowest BCUT2D eigenvalue weighted by Gasteiger charge is -2.17.